The quantitative estimate of drug-likeness (QED) is 0.882. The third-order valence-corrected chi connectivity index (χ3v) is 3.16. The summed E-state index contributed by atoms with van der Waals surface area (Å²) >= 11 is 5.95. The molecule has 1 atom stereocenters. The van der Waals surface area contributed by atoms with Crippen LogP contribution in [0.15, 0.2) is 40.8 Å². The van der Waals surface area contributed by atoms with Crippen LogP contribution in [-0.2, 0) is 6.42 Å². The molecule has 0 saturated heterocycles. The van der Waals surface area contributed by atoms with E-state index in [-0.39, 0.29) is 11.7 Å². The Hall–Kier alpha value is -1.78. The van der Waals surface area contributed by atoms with Gasteiger partial charge in [0.2, 0.25) is 5.76 Å². The Morgan fingerprint density at radius 2 is 2.16 bits per heavy atom. The van der Waals surface area contributed by atoms with Crippen molar-refractivity contribution in [1.82, 2.24) is 0 Å². The van der Waals surface area contributed by atoms with Crippen LogP contribution in [0, 0.1) is 0 Å². The number of carbonyl (C=O) groups is 1. The van der Waals surface area contributed by atoms with Crippen LogP contribution in [0.5, 0.6) is 0 Å². The first-order valence-corrected chi connectivity index (χ1v) is 6.25. The average molecular weight is 280 g/mol. The van der Waals surface area contributed by atoms with E-state index in [1.54, 1.807) is 12.1 Å². The number of halogens is 1. The van der Waals surface area contributed by atoms with E-state index in [0.717, 1.165) is 5.56 Å². The third-order valence-electron chi connectivity index (χ3n) is 2.92. The molecule has 0 spiro atoms. The Bertz CT molecular complexity index is 580. The first-order valence-electron chi connectivity index (χ1n) is 5.87. The Kier molecular flexibility index (Phi) is 4.24. The van der Waals surface area contributed by atoms with Crippen molar-refractivity contribution in [3.63, 3.8) is 0 Å². The Morgan fingerprint density at radius 3 is 2.74 bits per heavy atom. The van der Waals surface area contributed by atoms with Crippen molar-refractivity contribution < 1.29 is 14.3 Å². The van der Waals surface area contributed by atoms with Gasteiger partial charge < -0.3 is 15.3 Å². The summed E-state index contributed by atoms with van der Waals surface area (Å²) in [5, 5.41) is 9.46. The van der Waals surface area contributed by atoms with Gasteiger partial charge in [0, 0.05) is 17.4 Å². The summed E-state index contributed by atoms with van der Waals surface area (Å²) in [4.78, 5) is 10.7. The summed E-state index contributed by atoms with van der Waals surface area (Å²) in [6.45, 7) is 0.434. The van der Waals surface area contributed by atoms with E-state index >= 15 is 0 Å². The summed E-state index contributed by atoms with van der Waals surface area (Å²) < 4.78 is 5.24. The van der Waals surface area contributed by atoms with Crippen molar-refractivity contribution in [2.45, 2.75) is 12.3 Å². The molecule has 0 aliphatic rings. The van der Waals surface area contributed by atoms with Crippen LogP contribution in [0.1, 0.15) is 27.8 Å². The van der Waals surface area contributed by atoms with Crippen LogP contribution in [0.3, 0.4) is 0 Å². The monoisotopic (exact) mass is 279 g/mol. The van der Waals surface area contributed by atoms with Gasteiger partial charge in [0.25, 0.3) is 0 Å². The van der Waals surface area contributed by atoms with Gasteiger partial charge >= 0.3 is 5.97 Å². The van der Waals surface area contributed by atoms with Gasteiger partial charge in [0.15, 0.2) is 0 Å². The standard InChI is InChI=1S/C14H14ClNO3/c15-11-3-1-2-9(6-11)10(8-16)7-12-4-5-13(19-12)14(17)18/h1-6,10H,7-8,16H2,(H,17,18). The predicted octanol–water partition coefficient (Wildman–Crippen LogP) is 2.92. The zero-order valence-electron chi connectivity index (χ0n) is 10.2. The highest BCUT2D eigenvalue weighted by atomic mass is 35.5. The lowest BCUT2D eigenvalue weighted by atomic mass is 9.95. The molecular formula is C14H14ClNO3. The minimum atomic E-state index is -1.07. The fraction of sp³-hybridized carbons (Fsp3) is 0.214. The van der Waals surface area contributed by atoms with Crippen LogP contribution in [-0.4, -0.2) is 17.6 Å². The number of carboxylic acids is 1. The molecule has 0 fully saturated rings. The van der Waals surface area contributed by atoms with Crippen molar-refractivity contribution in [3.8, 4) is 0 Å². The Morgan fingerprint density at radius 1 is 1.37 bits per heavy atom. The topological polar surface area (TPSA) is 76.5 Å². The number of hydrogen-bond donors (Lipinski definition) is 2. The average Bonchev–Trinajstić information content (AvgIpc) is 2.84. The van der Waals surface area contributed by atoms with E-state index in [2.05, 4.69) is 0 Å². The second-order valence-corrected chi connectivity index (χ2v) is 4.70. The lowest BCUT2D eigenvalue weighted by Crippen LogP contribution is -2.14. The third kappa shape index (κ3) is 3.36. The van der Waals surface area contributed by atoms with E-state index in [1.165, 1.54) is 6.07 Å². The molecule has 2 rings (SSSR count). The smallest absolute Gasteiger partial charge is 0.371 e. The predicted molar refractivity (Wildman–Crippen MR) is 72.6 cm³/mol. The maximum absolute atomic E-state index is 10.7. The number of hydrogen-bond acceptors (Lipinski definition) is 3. The maximum Gasteiger partial charge on any atom is 0.371 e. The number of nitrogens with two attached hydrogens (primary N) is 1. The first-order chi connectivity index (χ1) is 9.10. The highest BCUT2D eigenvalue weighted by Crippen LogP contribution is 2.23. The van der Waals surface area contributed by atoms with Crippen LogP contribution < -0.4 is 5.73 Å². The van der Waals surface area contributed by atoms with Gasteiger partial charge in [-0.05, 0) is 36.4 Å². The Labute approximate surface area is 115 Å². The summed E-state index contributed by atoms with van der Waals surface area (Å²) in [6.07, 6.45) is 0.546. The van der Waals surface area contributed by atoms with E-state index in [9.17, 15) is 4.79 Å². The van der Waals surface area contributed by atoms with Crippen molar-refractivity contribution in [1.29, 1.82) is 0 Å². The molecule has 100 valence electrons. The SMILES string of the molecule is NCC(Cc1ccc(C(=O)O)o1)c1cccc(Cl)c1. The molecule has 0 radical (unpaired) electrons. The van der Waals surface area contributed by atoms with E-state index in [1.807, 2.05) is 18.2 Å². The molecule has 19 heavy (non-hydrogen) atoms. The highest BCUT2D eigenvalue weighted by Gasteiger charge is 2.15. The minimum absolute atomic E-state index is 0.0477. The van der Waals surface area contributed by atoms with E-state index in [4.69, 9.17) is 26.9 Å². The number of carboxylic acid groups (broad SMARTS) is 1. The van der Waals surface area contributed by atoms with Gasteiger partial charge in [0.1, 0.15) is 5.76 Å². The van der Waals surface area contributed by atoms with Crippen molar-refractivity contribution in [3.05, 3.63) is 58.5 Å². The number of aromatic carboxylic acids is 1. The van der Waals surface area contributed by atoms with Gasteiger partial charge in [-0.1, -0.05) is 23.7 Å². The molecule has 0 saturated carbocycles. The summed E-state index contributed by atoms with van der Waals surface area (Å²) in [6, 6.07) is 10.6. The summed E-state index contributed by atoms with van der Waals surface area (Å²) in [7, 11) is 0. The normalized spacial score (nSPS) is 12.3. The fourth-order valence-corrected chi connectivity index (χ4v) is 2.14. The molecule has 2 aromatic rings. The summed E-state index contributed by atoms with van der Waals surface area (Å²) in [5.74, 6) is -0.477. The van der Waals surface area contributed by atoms with Gasteiger partial charge in [-0.3, -0.25) is 0 Å². The number of furan rings is 1. The molecule has 1 heterocycles. The first kappa shape index (κ1) is 13.6. The van der Waals surface area contributed by atoms with Crippen LogP contribution in [0.4, 0.5) is 0 Å². The lowest BCUT2D eigenvalue weighted by molar-refractivity contribution is 0.0660. The zero-order chi connectivity index (χ0) is 13.8. The molecular weight excluding hydrogens is 266 g/mol. The molecule has 0 amide bonds. The van der Waals surface area contributed by atoms with Gasteiger partial charge in [-0.25, -0.2) is 4.79 Å². The fourth-order valence-electron chi connectivity index (χ4n) is 1.94. The number of rotatable bonds is 5. The minimum Gasteiger partial charge on any atom is -0.475 e. The molecule has 0 aliphatic carbocycles. The van der Waals surface area contributed by atoms with Gasteiger partial charge in [-0.15, -0.1) is 0 Å². The van der Waals surface area contributed by atoms with Crippen LogP contribution in [0.25, 0.3) is 0 Å². The van der Waals surface area contributed by atoms with Crippen molar-refractivity contribution >= 4 is 17.6 Å². The van der Waals surface area contributed by atoms with Crippen molar-refractivity contribution in [2.75, 3.05) is 6.54 Å². The van der Waals surface area contributed by atoms with Crippen LogP contribution in [0.2, 0.25) is 5.02 Å². The molecule has 1 unspecified atom stereocenters. The second-order valence-electron chi connectivity index (χ2n) is 4.26. The maximum atomic E-state index is 10.7. The number of benzene rings is 1. The van der Waals surface area contributed by atoms with E-state index < -0.39 is 5.97 Å². The van der Waals surface area contributed by atoms with Gasteiger partial charge in [-0.2, -0.15) is 0 Å². The molecule has 0 bridgehead atoms. The Balaban J connectivity index is 2.16. The molecule has 3 N–H and O–H groups in total. The molecule has 1 aromatic carbocycles. The largest absolute Gasteiger partial charge is 0.475 e. The molecule has 5 heteroatoms. The van der Waals surface area contributed by atoms with Crippen molar-refractivity contribution in [2.24, 2.45) is 5.73 Å². The lowest BCUT2D eigenvalue weighted by Gasteiger charge is -2.14. The molecule has 4 nitrogen and oxygen atoms in total. The highest BCUT2D eigenvalue weighted by molar-refractivity contribution is 6.30. The summed E-state index contributed by atoms with van der Waals surface area (Å²) in [5.41, 5.74) is 6.79. The molecule has 0 aliphatic heterocycles. The van der Waals surface area contributed by atoms with Gasteiger partial charge in [0.05, 0.1) is 0 Å². The molecule has 1 aromatic heterocycles. The zero-order valence-corrected chi connectivity index (χ0v) is 10.9. The van der Waals surface area contributed by atoms with E-state index in [0.29, 0.717) is 23.7 Å². The second kappa shape index (κ2) is 5.91. The van der Waals surface area contributed by atoms with Crippen LogP contribution >= 0.6 is 11.6 Å².